The van der Waals surface area contributed by atoms with Crippen molar-refractivity contribution in [2.45, 2.75) is 31.6 Å². The second-order valence-electron chi connectivity index (χ2n) is 2.75. The Kier molecular flexibility index (Phi) is 9.46. The van der Waals surface area contributed by atoms with E-state index in [4.69, 9.17) is 21.1 Å². The minimum absolute atomic E-state index is 0.316. The highest BCUT2D eigenvalue weighted by molar-refractivity contribution is 6.20. The van der Waals surface area contributed by atoms with E-state index in [2.05, 4.69) is 6.92 Å². The summed E-state index contributed by atoms with van der Waals surface area (Å²) in [5.41, 5.74) is 0. The average molecular weight is 195 g/mol. The van der Waals surface area contributed by atoms with Crippen LogP contribution in [0.3, 0.4) is 0 Å². The Hall–Kier alpha value is 0.210. The highest BCUT2D eigenvalue weighted by Crippen LogP contribution is 2.08. The van der Waals surface area contributed by atoms with Gasteiger partial charge in [-0.2, -0.15) is 0 Å². The van der Waals surface area contributed by atoms with Gasteiger partial charge in [0.1, 0.15) is 0 Å². The van der Waals surface area contributed by atoms with Gasteiger partial charge in [0.25, 0.3) is 0 Å². The van der Waals surface area contributed by atoms with Gasteiger partial charge in [0.2, 0.25) is 0 Å². The molecule has 0 spiro atoms. The Morgan fingerprint density at radius 2 is 2.00 bits per heavy atom. The van der Waals surface area contributed by atoms with Gasteiger partial charge in [-0.1, -0.05) is 6.92 Å². The lowest BCUT2D eigenvalue weighted by Crippen LogP contribution is -2.05. The van der Waals surface area contributed by atoms with Crippen LogP contribution < -0.4 is 0 Å². The molecule has 0 amide bonds. The number of halogens is 1. The fraction of sp³-hybridized carbons (Fsp3) is 1.00. The summed E-state index contributed by atoms with van der Waals surface area (Å²) in [5, 5.41) is 0.316. The summed E-state index contributed by atoms with van der Waals surface area (Å²) in [6.07, 6.45) is 3.14. The Labute approximate surface area is 80.2 Å². The lowest BCUT2D eigenvalue weighted by molar-refractivity contribution is 0.0687. The first-order valence-corrected chi connectivity index (χ1v) is 4.95. The summed E-state index contributed by atoms with van der Waals surface area (Å²) >= 11 is 5.93. The summed E-state index contributed by atoms with van der Waals surface area (Å²) < 4.78 is 10.1. The molecule has 0 N–H and O–H groups in total. The van der Waals surface area contributed by atoms with Gasteiger partial charge in [0.05, 0.1) is 13.2 Å². The molecule has 0 saturated carbocycles. The molecule has 0 saturated heterocycles. The maximum atomic E-state index is 5.93. The number of alkyl halides is 1. The SMILES string of the molecule is CCC(Cl)CCCOCCOC. The van der Waals surface area contributed by atoms with E-state index in [0.29, 0.717) is 18.6 Å². The van der Waals surface area contributed by atoms with Crippen molar-refractivity contribution < 1.29 is 9.47 Å². The molecule has 0 rings (SSSR count). The lowest BCUT2D eigenvalue weighted by Gasteiger charge is -2.06. The minimum atomic E-state index is 0.316. The Balaban J connectivity index is 2.90. The molecule has 0 aromatic heterocycles. The molecule has 0 aliphatic carbocycles. The highest BCUT2D eigenvalue weighted by Gasteiger charge is 1.99. The molecular formula is C9H19ClO2. The fourth-order valence-electron chi connectivity index (χ4n) is 0.855. The molecule has 0 radical (unpaired) electrons. The van der Waals surface area contributed by atoms with Crippen molar-refractivity contribution in [2.75, 3.05) is 26.9 Å². The monoisotopic (exact) mass is 194 g/mol. The van der Waals surface area contributed by atoms with Crippen LogP contribution in [0.1, 0.15) is 26.2 Å². The van der Waals surface area contributed by atoms with E-state index >= 15 is 0 Å². The number of hydrogen-bond donors (Lipinski definition) is 0. The predicted molar refractivity (Wildman–Crippen MR) is 51.9 cm³/mol. The first-order chi connectivity index (χ1) is 5.81. The maximum absolute atomic E-state index is 5.93. The first-order valence-electron chi connectivity index (χ1n) is 4.52. The van der Waals surface area contributed by atoms with Gasteiger partial charge in [-0.25, -0.2) is 0 Å². The molecule has 3 heteroatoms. The smallest absolute Gasteiger partial charge is 0.0700 e. The third-order valence-corrected chi connectivity index (χ3v) is 2.21. The lowest BCUT2D eigenvalue weighted by atomic mass is 10.2. The van der Waals surface area contributed by atoms with Crippen LogP contribution in [0.15, 0.2) is 0 Å². The van der Waals surface area contributed by atoms with Crippen molar-refractivity contribution in [3.8, 4) is 0 Å². The van der Waals surface area contributed by atoms with Crippen molar-refractivity contribution in [1.29, 1.82) is 0 Å². The molecule has 0 aromatic rings. The van der Waals surface area contributed by atoms with Crippen molar-refractivity contribution in [3.05, 3.63) is 0 Å². The molecule has 1 unspecified atom stereocenters. The van der Waals surface area contributed by atoms with Crippen LogP contribution in [0.25, 0.3) is 0 Å². The molecule has 0 aromatic carbocycles. The minimum Gasteiger partial charge on any atom is -0.382 e. The van der Waals surface area contributed by atoms with Gasteiger partial charge >= 0.3 is 0 Å². The third-order valence-electron chi connectivity index (χ3n) is 1.68. The van der Waals surface area contributed by atoms with Gasteiger partial charge in [-0.05, 0) is 19.3 Å². The standard InChI is InChI=1S/C9H19ClO2/c1-3-9(10)5-4-6-12-8-7-11-2/h9H,3-8H2,1-2H3. The van der Waals surface area contributed by atoms with Crippen molar-refractivity contribution in [2.24, 2.45) is 0 Å². The third kappa shape index (κ3) is 8.31. The van der Waals surface area contributed by atoms with E-state index in [0.717, 1.165) is 25.9 Å². The topological polar surface area (TPSA) is 18.5 Å². The van der Waals surface area contributed by atoms with E-state index in [1.807, 2.05) is 0 Å². The molecular weight excluding hydrogens is 176 g/mol. The summed E-state index contributed by atoms with van der Waals surface area (Å²) in [6.45, 7) is 4.27. The second kappa shape index (κ2) is 9.30. The summed E-state index contributed by atoms with van der Waals surface area (Å²) in [5.74, 6) is 0. The molecule has 12 heavy (non-hydrogen) atoms. The second-order valence-corrected chi connectivity index (χ2v) is 3.37. The Bertz CT molecular complexity index is 88.6. The Morgan fingerprint density at radius 1 is 1.25 bits per heavy atom. The van der Waals surface area contributed by atoms with Crippen molar-refractivity contribution in [1.82, 2.24) is 0 Å². The van der Waals surface area contributed by atoms with Crippen LogP contribution >= 0.6 is 11.6 Å². The predicted octanol–water partition coefficient (Wildman–Crippen LogP) is 2.45. The van der Waals surface area contributed by atoms with Crippen LogP contribution in [0.2, 0.25) is 0 Å². The first kappa shape index (κ1) is 12.2. The zero-order valence-electron chi connectivity index (χ0n) is 8.01. The van der Waals surface area contributed by atoms with Gasteiger partial charge in [0.15, 0.2) is 0 Å². The van der Waals surface area contributed by atoms with E-state index in [1.54, 1.807) is 7.11 Å². The molecule has 0 heterocycles. The van der Waals surface area contributed by atoms with Crippen LogP contribution in [0, 0.1) is 0 Å². The zero-order chi connectivity index (χ0) is 9.23. The van der Waals surface area contributed by atoms with Gasteiger partial charge < -0.3 is 9.47 Å². The zero-order valence-corrected chi connectivity index (χ0v) is 8.77. The number of ether oxygens (including phenoxy) is 2. The van der Waals surface area contributed by atoms with Crippen molar-refractivity contribution >= 4 is 11.6 Å². The molecule has 1 atom stereocenters. The van der Waals surface area contributed by atoms with Gasteiger partial charge in [-0.3, -0.25) is 0 Å². The summed E-state index contributed by atoms with van der Waals surface area (Å²) in [6, 6.07) is 0. The normalized spacial score (nSPS) is 13.2. The van der Waals surface area contributed by atoms with E-state index in [9.17, 15) is 0 Å². The largest absolute Gasteiger partial charge is 0.382 e. The molecule has 0 fully saturated rings. The number of methoxy groups -OCH3 is 1. The van der Waals surface area contributed by atoms with E-state index in [-0.39, 0.29) is 0 Å². The molecule has 0 aliphatic rings. The fourth-order valence-corrected chi connectivity index (χ4v) is 1.01. The van der Waals surface area contributed by atoms with Gasteiger partial charge in [0, 0.05) is 19.1 Å². The molecule has 0 bridgehead atoms. The average Bonchev–Trinajstić information content (AvgIpc) is 2.10. The summed E-state index contributed by atoms with van der Waals surface area (Å²) in [4.78, 5) is 0. The van der Waals surface area contributed by atoms with Crippen LogP contribution in [-0.2, 0) is 9.47 Å². The number of hydrogen-bond acceptors (Lipinski definition) is 2. The molecule has 0 aliphatic heterocycles. The molecule has 2 nitrogen and oxygen atoms in total. The number of rotatable bonds is 8. The van der Waals surface area contributed by atoms with Crippen LogP contribution in [0.4, 0.5) is 0 Å². The van der Waals surface area contributed by atoms with Crippen molar-refractivity contribution in [3.63, 3.8) is 0 Å². The van der Waals surface area contributed by atoms with Crippen LogP contribution in [-0.4, -0.2) is 32.3 Å². The highest BCUT2D eigenvalue weighted by atomic mass is 35.5. The maximum Gasteiger partial charge on any atom is 0.0700 e. The van der Waals surface area contributed by atoms with Gasteiger partial charge in [-0.15, -0.1) is 11.6 Å². The van der Waals surface area contributed by atoms with Crippen LogP contribution in [0.5, 0.6) is 0 Å². The van der Waals surface area contributed by atoms with E-state index in [1.165, 1.54) is 0 Å². The molecule has 74 valence electrons. The quantitative estimate of drug-likeness (QED) is 0.437. The summed E-state index contributed by atoms with van der Waals surface area (Å²) in [7, 11) is 1.68. The van der Waals surface area contributed by atoms with E-state index < -0.39 is 0 Å². The Morgan fingerprint density at radius 3 is 2.58 bits per heavy atom.